The van der Waals surface area contributed by atoms with E-state index >= 15 is 0 Å². The van der Waals surface area contributed by atoms with E-state index in [4.69, 9.17) is 5.11 Å². The Balaban J connectivity index is 1.96. The second kappa shape index (κ2) is 6.56. The lowest BCUT2D eigenvalue weighted by atomic mass is 10.1. The highest BCUT2D eigenvalue weighted by atomic mass is 16.4. The molecule has 0 bridgehead atoms. The van der Waals surface area contributed by atoms with Gasteiger partial charge in [0, 0.05) is 11.3 Å². The number of carbonyl (C=O) groups is 2. The molecule has 2 rings (SSSR count). The average molecular weight is 285 g/mol. The first-order valence-corrected chi connectivity index (χ1v) is 6.42. The Morgan fingerprint density at radius 1 is 0.952 bits per heavy atom. The predicted molar refractivity (Wildman–Crippen MR) is 78.2 cm³/mol. The molecule has 1 amide bonds. The molecule has 0 aliphatic carbocycles. The van der Waals surface area contributed by atoms with E-state index in [0.29, 0.717) is 16.8 Å². The lowest BCUT2D eigenvalue weighted by Crippen LogP contribution is -2.14. The molecule has 0 spiro atoms. The summed E-state index contributed by atoms with van der Waals surface area (Å²) in [4.78, 5) is 22.5. The van der Waals surface area contributed by atoms with Gasteiger partial charge in [0.2, 0.25) is 5.91 Å². The monoisotopic (exact) mass is 285 g/mol. The van der Waals surface area contributed by atoms with Gasteiger partial charge >= 0.3 is 5.97 Å². The van der Waals surface area contributed by atoms with Crippen LogP contribution in [0.3, 0.4) is 0 Å². The summed E-state index contributed by atoms with van der Waals surface area (Å²) in [6, 6.07) is 13.3. The van der Waals surface area contributed by atoms with Crippen LogP contribution < -0.4 is 5.32 Å². The topological polar surface area (TPSA) is 86.6 Å². The van der Waals surface area contributed by atoms with Crippen molar-refractivity contribution in [2.75, 3.05) is 5.32 Å². The van der Waals surface area contributed by atoms with Crippen LogP contribution in [0, 0.1) is 0 Å². The molecule has 108 valence electrons. The molecule has 0 atom stereocenters. The van der Waals surface area contributed by atoms with E-state index in [1.807, 2.05) is 0 Å². The summed E-state index contributed by atoms with van der Waals surface area (Å²) in [5.41, 5.74) is 1.81. The van der Waals surface area contributed by atoms with Gasteiger partial charge in [0.05, 0.1) is 12.8 Å². The van der Waals surface area contributed by atoms with Gasteiger partial charge in [0.15, 0.2) is 0 Å². The zero-order valence-electron chi connectivity index (χ0n) is 11.2. The van der Waals surface area contributed by atoms with Gasteiger partial charge in [0.1, 0.15) is 5.75 Å². The largest absolute Gasteiger partial charge is 0.508 e. The molecule has 0 saturated carbocycles. The number of amides is 1. The van der Waals surface area contributed by atoms with E-state index in [0.717, 1.165) is 0 Å². The number of rotatable bonds is 5. The second-order valence-electron chi connectivity index (χ2n) is 4.62. The number of nitrogens with one attached hydrogen (secondary N) is 1. The SMILES string of the molecule is O=C(O)Cc1ccc(NC(=O)Cc2ccccc2O)cc1. The second-order valence-corrected chi connectivity index (χ2v) is 4.62. The molecule has 3 N–H and O–H groups in total. The van der Waals surface area contributed by atoms with Gasteiger partial charge in [-0.1, -0.05) is 30.3 Å². The normalized spacial score (nSPS) is 10.1. The summed E-state index contributed by atoms with van der Waals surface area (Å²) in [6.45, 7) is 0. The maximum absolute atomic E-state index is 11.9. The number of hydrogen-bond acceptors (Lipinski definition) is 3. The first kappa shape index (κ1) is 14.6. The van der Waals surface area contributed by atoms with Gasteiger partial charge in [-0.2, -0.15) is 0 Å². The zero-order chi connectivity index (χ0) is 15.2. The van der Waals surface area contributed by atoms with Gasteiger partial charge in [0.25, 0.3) is 0 Å². The third kappa shape index (κ3) is 4.35. The van der Waals surface area contributed by atoms with Crippen molar-refractivity contribution in [3.05, 3.63) is 59.7 Å². The van der Waals surface area contributed by atoms with E-state index in [1.165, 1.54) is 6.07 Å². The molecule has 5 nitrogen and oxygen atoms in total. The van der Waals surface area contributed by atoms with Crippen LogP contribution in [-0.4, -0.2) is 22.1 Å². The molecule has 0 radical (unpaired) electrons. The summed E-state index contributed by atoms with van der Waals surface area (Å²) in [5, 5.41) is 21.0. The van der Waals surface area contributed by atoms with Crippen molar-refractivity contribution < 1.29 is 19.8 Å². The molecule has 21 heavy (non-hydrogen) atoms. The maximum Gasteiger partial charge on any atom is 0.307 e. The molecule has 0 unspecified atom stereocenters. The minimum Gasteiger partial charge on any atom is -0.508 e. The van der Waals surface area contributed by atoms with Crippen molar-refractivity contribution in [2.24, 2.45) is 0 Å². The van der Waals surface area contributed by atoms with E-state index in [2.05, 4.69) is 5.32 Å². The van der Waals surface area contributed by atoms with Gasteiger partial charge in [-0.3, -0.25) is 9.59 Å². The van der Waals surface area contributed by atoms with Gasteiger partial charge in [-0.05, 0) is 23.8 Å². The Labute approximate surface area is 121 Å². The summed E-state index contributed by atoms with van der Waals surface area (Å²) >= 11 is 0. The number of carboxylic acid groups (broad SMARTS) is 1. The summed E-state index contributed by atoms with van der Waals surface area (Å²) in [7, 11) is 0. The van der Waals surface area contributed by atoms with Crippen LogP contribution in [0.4, 0.5) is 5.69 Å². The third-order valence-electron chi connectivity index (χ3n) is 2.94. The third-order valence-corrected chi connectivity index (χ3v) is 2.94. The van der Waals surface area contributed by atoms with Crippen molar-refractivity contribution in [3.63, 3.8) is 0 Å². The number of para-hydroxylation sites is 1. The highest BCUT2D eigenvalue weighted by Gasteiger charge is 2.08. The standard InChI is InChI=1S/C16H15NO4/c18-14-4-2-1-3-12(14)10-15(19)17-13-7-5-11(6-8-13)9-16(20)21/h1-8,18H,9-10H2,(H,17,19)(H,20,21). The molecule has 0 aromatic heterocycles. The molecular weight excluding hydrogens is 270 g/mol. The number of benzene rings is 2. The van der Waals surface area contributed by atoms with Crippen molar-refractivity contribution in [3.8, 4) is 5.75 Å². The summed E-state index contributed by atoms with van der Waals surface area (Å²) < 4.78 is 0. The molecule has 0 saturated heterocycles. The highest BCUT2D eigenvalue weighted by Crippen LogP contribution is 2.17. The fraction of sp³-hybridized carbons (Fsp3) is 0.125. The molecule has 0 fully saturated rings. The van der Waals surface area contributed by atoms with E-state index in [1.54, 1.807) is 42.5 Å². The molecule has 2 aromatic rings. The predicted octanol–water partition coefficient (Wildman–Crippen LogP) is 2.20. The number of aromatic hydroxyl groups is 1. The molecule has 2 aromatic carbocycles. The molecular formula is C16H15NO4. The van der Waals surface area contributed by atoms with Gasteiger partial charge < -0.3 is 15.5 Å². The Kier molecular flexibility index (Phi) is 4.56. The molecule has 5 heteroatoms. The minimum absolute atomic E-state index is 0.0495. The van der Waals surface area contributed by atoms with E-state index in [9.17, 15) is 14.7 Å². The number of hydrogen-bond donors (Lipinski definition) is 3. The maximum atomic E-state index is 11.9. The summed E-state index contributed by atoms with van der Waals surface area (Å²) in [6.07, 6.45) is 0.0235. The molecule has 0 aliphatic rings. The van der Waals surface area contributed by atoms with E-state index < -0.39 is 5.97 Å². The number of phenolic OH excluding ortho intramolecular Hbond substituents is 1. The lowest BCUT2D eigenvalue weighted by Gasteiger charge is -2.07. The lowest BCUT2D eigenvalue weighted by molar-refractivity contribution is -0.136. The van der Waals surface area contributed by atoms with Crippen molar-refractivity contribution >= 4 is 17.6 Å². The first-order chi connectivity index (χ1) is 10.0. The number of carboxylic acids is 1. The Hall–Kier alpha value is -2.82. The Bertz CT molecular complexity index is 650. The molecule has 0 aliphatic heterocycles. The van der Waals surface area contributed by atoms with E-state index in [-0.39, 0.29) is 24.5 Å². The van der Waals surface area contributed by atoms with Crippen LogP contribution in [0.15, 0.2) is 48.5 Å². The average Bonchev–Trinajstić information content (AvgIpc) is 2.43. The Morgan fingerprint density at radius 2 is 1.62 bits per heavy atom. The fourth-order valence-corrected chi connectivity index (χ4v) is 1.92. The summed E-state index contributed by atoms with van der Waals surface area (Å²) in [5.74, 6) is -1.06. The van der Waals surface area contributed by atoms with Crippen molar-refractivity contribution in [2.45, 2.75) is 12.8 Å². The van der Waals surface area contributed by atoms with Crippen LogP contribution in [-0.2, 0) is 22.4 Å². The number of carbonyl (C=O) groups excluding carboxylic acids is 1. The number of aliphatic carboxylic acids is 1. The van der Waals surface area contributed by atoms with Gasteiger partial charge in [-0.25, -0.2) is 0 Å². The molecule has 0 heterocycles. The van der Waals surface area contributed by atoms with Gasteiger partial charge in [-0.15, -0.1) is 0 Å². The van der Waals surface area contributed by atoms with Crippen LogP contribution in [0.1, 0.15) is 11.1 Å². The first-order valence-electron chi connectivity index (χ1n) is 6.42. The van der Waals surface area contributed by atoms with Crippen LogP contribution in [0.5, 0.6) is 5.75 Å². The highest BCUT2D eigenvalue weighted by molar-refractivity contribution is 5.92. The Morgan fingerprint density at radius 3 is 2.24 bits per heavy atom. The van der Waals surface area contributed by atoms with Crippen LogP contribution in [0.2, 0.25) is 0 Å². The van der Waals surface area contributed by atoms with Crippen LogP contribution in [0.25, 0.3) is 0 Å². The van der Waals surface area contributed by atoms with Crippen molar-refractivity contribution in [1.82, 2.24) is 0 Å². The fourth-order valence-electron chi connectivity index (χ4n) is 1.92. The smallest absolute Gasteiger partial charge is 0.307 e. The minimum atomic E-state index is -0.897. The zero-order valence-corrected chi connectivity index (χ0v) is 11.2. The number of anilines is 1. The number of phenols is 1. The van der Waals surface area contributed by atoms with Crippen LogP contribution >= 0.6 is 0 Å². The quantitative estimate of drug-likeness (QED) is 0.786. The van der Waals surface area contributed by atoms with Crippen molar-refractivity contribution in [1.29, 1.82) is 0 Å².